The number of aromatic nitrogens is 1. The summed E-state index contributed by atoms with van der Waals surface area (Å²) in [4.78, 5) is 30.6. The number of fused-ring (bicyclic) bond motifs is 1. The third-order valence-corrected chi connectivity index (χ3v) is 6.70. The van der Waals surface area contributed by atoms with Crippen molar-refractivity contribution in [3.63, 3.8) is 0 Å². The Bertz CT molecular complexity index is 831. The van der Waals surface area contributed by atoms with E-state index in [0.717, 1.165) is 22.8 Å². The maximum absolute atomic E-state index is 12.5. The first-order valence-electron chi connectivity index (χ1n) is 9.13. The Morgan fingerprint density at radius 2 is 1.70 bits per heavy atom. The van der Waals surface area contributed by atoms with Gasteiger partial charge in [-0.15, -0.1) is 0 Å². The zero-order valence-electron chi connectivity index (χ0n) is 16.0. The second-order valence-electron chi connectivity index (χ2n) is 7.64. The molecule has 1 aromatic heterocycles. The van der Waals surface area contributed by atoms with Crippen LogP contribution in [-0.2, 0) is 17.6 Å². The standard InChI is InChI=1S/C21H25AsN2O3/c1-21(2,3)27-20(26)24-12-8-15-4-5-18(14-17(15)9-13-24)22-19(25)16-6-10-23-11-7-16/h4-7,10-11,14,22H,8-9,12-13H2,1-3H3. The van der Waals surface area contributed by atoms with Gasteiger partial charge in [-0.3, -0.25) is 0 Å². The molecular weight excluding hydrogens is 403 g/mol. The van der Waals surface area contributed by atoms with Gasteiger partial charge in [0.05, 0.1) is 0 Å². The van der Waals surface area contributed by atoms with Crippen LogP contribution in [0.4, 0.5) is 4.79 Å². The fourth-order valence-electron chi connectivity index (χ4n) is 3.02. The summed E-state index contributed by atoms with van der Waals surface area (Å²) in [5, 5.41) is 0. The molecule has 1 unspecified atom stereocenters. The third-order valence-electron chi connectivity index (χ3n) is 4.36. The summed E-state index contributed by atoms with van der Waals surface area (Å²) in [6.45, 7) is 6.95. The second kappa shape index (κ2) is 8.26. The average Bonchev–Trinajstić information content (AvgIpc) is 2.83. The Balaban J connectivity index is 1.67. The number of ether oxygens (including phenoxy) is 1. The summed E-state index contributed by atoms with van der Waals surface area (Å²) >= 11 is -0.909. The Morgan fingerprint density at radius 3 is 2.37 bits per heavy atom. The van der Waals surface area contributed by atoms with Crippen LogP contribution >= 0.6 is 0 Å². The van der Waals surface area contributed by atoms with Gasteiger partial charge in [-0.05, 0) is 0 Å². The summed E-state index contributed by atoms with van der Waals surface area (Å²) in [5.74, 6) is 0. The first kappa shape index (κ1) is 19.6. The number of hydrogen-bond acceptors (Lipinski definition) is 4. The van der Waals surface area contributed by atoms with E-state index in [2.05, 4.69) is 23.2 Å². The van der Waals surface area contributed by atoms with Crippen molar-refractivity contribution in [3.8, 4) is 0 Å². The predicted octanol–water partition coefficient (Wildman–Crippen LogP) is 2.32. The summed E-state index contributed by atoms with van der Waals surface area (Å²) in [6.07, 6.45) is 4.66. The van der Waals surface area contributed by atoms with E-state index in [4.69, 9.17) is 4.74 Å². The van der Waals surface area contributed by atoms with Crippen molar-refractivity contribution >= 4 is 30.8 Å². The molecule has 0 saturated carbocycles. The van der Waals surface area contributed by atoms with Gasteiger partial charge >= 0.3 is 167 Å². The van der Waals surface area contributed by atoms with Crippen LogP contribution < -0.4 is 4.35 Å². The number of carbonyl (C=O) groups is 2. The summed E-state index contributed by atoms with van der Waals surface area (Å²) < 4.78 is 6.84. The van der Waals surface area contributed by atoms with Gasteiger partial charge in [0.2, 0.25) is 0 Å². The van der Waals surface area contributed by atoms with Gasteiger partial charge in [-0.25, -0.2) is 0 Å². The molecule has 142 valence electrons. The van der Waals surface area contributed by atoms with Crippen LogP contribution in [0, 0.1) is 0 Å². The average molecular weight is 428 g/mol. The molecule has 0 N–H and O–H groups in total. The number of rotatable bonds is 3. The van der Waals surface area contributed by atoms with Gasteiger partial charge in [0.1, 0.15) is 0 Å². The summed E-state index contributed by atoms with van der Waals surface area (Å²) in [6, 6.07) is 9.89. The molecule has 5 nitrogen and oxygen atoms in total. The molecule has 1 atom stereocenters. The second-order valence-corrected chi connectivity index (χ2v) is 10.3. The van der Waals surface area contributed by atoms with Crippen LogP contribution in [0.2, 0.25) is 0 Å². The molecule has 1 aliphatic heterocycles. The zero-order valence-corrected chi connectivity index (χ0v) is 18.1. The monoisotopic (exact) mass is 428 g/mol. The van der Waals surface area contributed by atoms with Crippen molar-refractivity contribution in [1.29, 1.82) is 0 Å². The molecule has 0 radical (unpaired) electrons. The topological polar surface area (TPSA) is 59.5 Å². The van der Waals surface area contributed by atoms with E-state index in [1.54, 1.807) is 29.4 Å². The van der Waals surface area contributed by atoms with Gasteiger partial charge in [0.25, 0.3) is 0 Å². The van der Waals surface area contributed by atoms with E-state index in [-0.39, 0.29) is 10.7 Å². The zero-order chi connectivity index (χ0) is 19.4. The molecule has 3 rings (SSSR count). The van der Waals surface area contributed by atoms with Crippen molar-refractivity contribution in [2.24, 2.45) is 0 Å². The van der Waals surface area contributed by atoms with Crippen molar-refractivity contribution in [2.75, 3.05) is 13.1 Å². The van der Waals surface area contributed by atoms with E-state index in [0.29, 0.717) is 13.1 Å². The Morgan fingerprint density at radius 1 is 1.04 bits per heavy atom. The van der Waals surface area contributed by atoms with Crippen LogP contribution in [0.25, 0.3) is 0 Å². The van der Waals surface area contributed by atoms with Gasteiger partial charge in [-0.1, -0.05) is 0 Å². The number of hydrogen-bond donors (Lipinski definition) is 0. The fraction of sp³-hybridized carbons (Fsp3) is 0.381. The molecule has 0 fully saturated rings. The molecule has 6 heteroatoms. The van der Waals surface area contributed by atoms with Crippen LogP contribution in [-0.4, -0.2) is 55.0 Å². The van der Waals surface area contributed by atoms with Gasteiger partial charge in [0, 0.05) is 0 Å². The Kier molecular flexibility index (Phi) is 6.01. The molecule has 0 bridgehead atoms. The molecule has 0 aliphatic carbocycles. The number of nitrogens with zero attached hydrogens (tertiary/aromatic N) is 2. The van der Waals surface area contributed by atoms with Crippen LogP contribution in [0.5, 0.6) is 0 Å². The van der Waals surface area contributed by atoms with Crippen molar-refractivity contribution in [1.82, 2.24) is 9.88 Å². The molecule has 27 heavy (non-hydrogen) atoms. The Hall–Kier alpha value is -2.13. The Labute approximate surface area is 166 Å². The third kappa shape index (κ3) is 5.43. The fourth-order valence-corrected chi connectivity index (χ4v) is 5.09. The molecule has 1 aliphatic rings. The SMILES string of the molecule is CC(C)(C)OC(=O)N1CCc2ccc([AsH]C(=O)c3ccncc3)cc2CC1. The minimum atomic E-state index is -0.909. The molecule has 1 aromatic carbocycles. The minimum absolute atomic E-state index is 0.210. The number of benzene rings is 1. The van der Waals surface area contributed by atoms with Crippen molar-refractivity contribution in [2.45, 2.75) is 39.2 Å². The van der Waals surface area contributed by atoms with Crippen molar-refractivity contribution in [3.05, 3.63) is 59.4 Å². The van der Waals surface area contributed by atoms with Crippen LogP contribution in [0.15, 0.2) is 42.7 Å². The van der Waals surface area contributed by atoms with Gasteiger partial charge in [-0.2, -0.15) is 0 Å². The van der Waals surface area contributed by atoms with E-state index in [1.165, 1.54) is 11.1 Å². The van der Waals surface area contributed by atoms with Gasteiger partial charge < -0.3 is 0 Å². The quantitative estimate of drug-likeness (QED) is 0.705. The van der Waals surface area contributed by atoms with Crippen LogP contribution in [0.1, 0.15) is 42.3 Å². The number of amides is 1. The van der Waals surface area contributed by atoms with E-state index < -0.39 is 21.4 Å². The molecule has 1 amide bonds. The number of carbonyl (C=O) groups excluding carboxylic acids is 2. The summed E-state index contributed by atoms with van der Waals surface area (Å²) in [5.41, 5.74) is 2.75. The molecule has 0 saturated heterocycles. The van der Waals surface area contributed by atoms with Gasteiger partial charge in [0.15, 0.2) is 0 Å². The maximum atomic E-state index is 12.5. The molecule has 0 spiro atoms. The van der Waals surface area contributed by atoms with E-state index in [9.17, 15) is 9.59 Å². The van der Waals surface area contributed by atoms with E-state index >= 15 is 0 Å². The first-order valence-corrected chi connectivity index (χ1v) is 11.2. The number of pyridine rings is 1. The molecular formula is C21H25AsN2O3. The normalized spacial score (nSPS) is 14.7. The first-order chi connectivity index (χ1) is 12.8. The summed E-state index contributed by atoms with van der Waals surface area (Å²) in [7, 11) is 0. The van der Waals surface area contributed by atoms with Crippen molar-refractivity contribution < 1.29 is 14.3 Å². The molecule has 2 aromatic rings. The predicted molar refractivity (Wildman–Crippen MR) is 107 cm³/mol. The molecule has 2 heterocycles. The van der Waals surface area contributed by atoms with E-state index in [1.807, 2.05) is 20.8 Å². The van der Waals surface area contributed by atoms with Crippen LogP contribution in [0.3, 0.4) is 0 Å².